The molecule has 0 saturated heterocycles. The van der Waals surface area contributed by atoms with Gasteiger partial charge in [-0.05, 0) is 63.1 Å². The van der Waals surface area contributed by atoms with E-state index in [2.05, 4.69) is 17.1 Å². The first kappa shape index (κ1) is 19.9. The molecule has 0 aliphatic heterocycles. The summed E-state index contributed by atoms with van der Waals surface area (Å²) in [5.74, 6) is -0.00387. The number of anilines is 2. The molecular formula is C24H27N5O. The SMILES string of the molecule is CCN(C)c1cccc(NC(=O)CCc2c(C)nc3c4ccccc4nn3c2C)c1. The summed E-state index contributed by atoms with van der Waals surface area (Å²) in [4.78, 5) is 19.5. The summed E-state index contributed by atoms with van der Waals surface area (Å²) in [6, 6.07) is 16.0. The topological polar surface area (TPSA) is 62.5 Å². The number of benzene rings is 2. The Labute approximate surface area is 176 Å². The second-order valence-electron chi connectivity index (χ2n) is 7.63. The minimum atomic E-state index is -0.00387. The molecule has 154 valence electrons. The molecule has 0 aliphatic carbocycles. The molecule has 2 aromatic carbocycles. The molecule has 1 N–H and O–H groups in total. The molecule has 1 amide bonds. The van der Waals surface area contributed by atoms with Crippen molar-refractivity contribution in [3.63, 3.8) is 0 Å². The highest BCUT2D eigenvalue weighted by molar-refractivity contribution is 5.92. The molecule has 0 saturated carbocycles. The van der Waals surface area contributed by atoms with E-state index in [0.29, 0.717) is 12.8 Å². The van der Waals surface area contributed by atoms with Gasteiger partial charge in [-0.3, -0.25) is 4.79 Å². The minimum absolute atomic E-state index is 0.00387. The van der Waals surface area contributed by atoms with E-state index in [1.54, 1.807) is 0 Å². The Bertz CT molecular complexity index is 1230. The monoisotopic (exact) mass is 401 g/mol. The van der Waals surface area contributed by atoms with Crippen molar-refractivity contribution in [3.8, 4) is 0 Å². The summed E-state index contributed by atoms with van der Waals surface area (Å²) in [5, 5.41) is 8.76. The van der Waals surface area contributed by atoms with Crippen LogP contribution in [0.5, 0.6) is 0 Å². The zero-order valence-corrected chi connectivity index (χ0v) is 17.9. The highest BCUT2D eigenvalue weighted by Crippen LogP contribution is 2.23. The van der Waals surface area contributed by atoms with Crippen molar-refractivity contribution in [1.29, 1.82) is 0 Å². The van der Waals surface area contributed by atoms with Crippen LogP contribution in [-0.4, -0.2) is 34.1 Å². The average Bonchev–Trinajstić information content (AvgIpc) is 3.12. The Balaban J connectivity index is 1.52. The molecule has 2 aromatic heterocycles. The molecule has 4 rings (SSSR count). The zero-order valence-electron chi connectivity index (χ0n) is 17.9. The number of hydrogen-bond donors (Lipinski definition) is 1. The van der Waals surface area contributed by atoms with Crippen LogP contribution >= 0.6 is 0 Å². The third kappa shape index (κ3) is 3.73. The normalized spacial score (nSPS) is 11.2. The molecule has 30 heavy (non-hydrogen) atoms. The van der Waals surface area contributed by atoms with Gasteiger partial charge in [0.2, 0.25) is 5.91 Å². The van der Waals surface area contributed by atoms with Crippen LogP contribution in [-0.2, 0) is 11.2 Å². The van der Waals surface area contributed by atoms with Crippen molar-refractivity contribution in [1.82, 2.24) is 14.6 Å². The molecule has 0 fully saturated rings. The Morgan fingerprint density at radius 2 is 1.93 bits per heavy atom. The molecule has 0 radical (unpaired) electrons. The fourth-order valence-electron chi connectivity index (χ4n) is 3.80. The first-order valence-electron chi connectivity index (χ1n) is 10.3. The summed E-state index contributed by atoms with van der Waals surface area (Å²) in [6.07, 6.45) is 1.01. The smallest absolute Gasteiger partial charge is 0.224 e. The number of aryl methyl sites for hydroxylation is 2. The fraction of sp³-hybridized carbons (Fsp3) is 0.292. The third-order valence-corrected chi connectivity index (χ3v) is 5.67. The molecule has 4 aromatic rings. The van der Waals surface area contributed by atoms with E-state index >= 15 is 0 Å². The fourth-order valence-corrected chi connectivity index (χ4v) is 3.80. The second-order valence-corrected chi connectivity index (χ2v) is 7.63. The molecule has 0 spiro atoms. The summed E-state index contributed by atoms with van der Waals surface area (Å²) in [5.41, 5.74) is 6.76. The maximum atomic E-state index is 12.6. The second kappa shape index (κ2) is 8.14. The van der Waals surface area contributed by atoms with Gasteiger partial charge >= 0.3 is 0 Å². The predicted molar refractivity (Wildman–Crippen MR) is 122 cm³/mol. The van der Waals surface area contributed by atoms with Crippen molar-refractivity contribution in [2.45, 2.75) is 33.6 Å². The molecule has 6 nitrogen and oxygen atoms in total. The average molecular weight is 402 g/mol. The van der Waals surface area contributed by atoms with E-state index in [4.69, 9.17) is 10.1 Å². The number of fused-ring (bicyclic) bond motifs is 3. The molecule has 0 atom stereocenters. The van der Waals surface area contributed by atoms with Gasteiger partial charge in [-0.2, -0.15) is 5.10 Å². The first-order valence-corrected chi connectivity index (χ1v) is 10.3. The number of carbonyl (C=O) groups excluding carboxylic acids is 1. The van der Waals surface area contributed by atoms with Gasteiger partial charge in [-0.1, -0.05) is 18.2 Å². The molecule has 2 heterocycles. The van der Waals surface area contributed by atoms with Crippen LogP contribution < -0.4 is 10.2 Å². The van der Waals surface area contributed by atoms with E-state index in [1.165, 1.54) is 0 Å². The van der Waals surface area contributed by atoms with Crippen LogP contribution in [0.1, 0.15) is 30.3 Å². The third-order valence-electron chi connectivity index (χ3n) is 5.67. The summed E-state index contributed by atoms with van der Waals surface area (Å²) in [7, 11) is 2.04. The van der Waals surface area contributed by atoms with E-state index in [1.807, 2.05) is 73.9 Å². The number of aromatic nitrogens is 3. The zero-order chi connectivity index (χ0) is 21.3. The lowest BCUT2D eigenvalue weighted by atomic mass is 10.1. The van der Waals surface area contributed by atoms with Crippen molar-refractivity contribution >= 4 is 33.8 Å². The number of hydrogen-bond acceptors (Lipinski definition) is 4. The van der Waals surface area contributed by atoms with Gasteiger partial charge < -0.3 is 10.2 Å². The van der Waals surface area contributed by atoms with Gasteiger partial charge in [0.15, 0.2) is 5.65 Å². The maximum absolute atomic E-state index is 12.6. The van der Waals surface area contributed by atoms with Crippen molar-refractivity contribution < 1.29 is 4.79 Å². The van der Waals surface area contributed by atoms with Gasteiger partial charge in [-0.25, -0.2) is 9.50 Å². The van der Waals surface area contributed by atoms with Crippen molar-refractivity contribution in [3.05, 3.63) is 65.5 Å². The maximum Gasteiger partial charge on any atom is 0.224 e. The Kier molecular flexibility index (Phi) is 5.40. The van der Waals surface area contributed by atoms with E-state index in [0.717, 1.165) is 51.4 Å². The van der Waals surface area contributed by atoms with Gasteiger partial charge in [0.05, 0.1) is 5.52 Å². The van der Waals surface area contributed by atoms with E-state index in [9.17, 15) is 4.79 Å². The van der Waals surface area contributed by atoms with E-state index < -0.39 is 0 Å². The number of nitrogens with zero attached hydrogens (tertiary/aromatic N) is 4. The highest BCUT2D eigenvalue weighted by Gasteiger charge is 2.15. The van der Waals surface area contributed by atoms with Crippen LogP contribution in [0, 0.1) is 13.8 Å². The molecule has 0 aliphatic rings. The van der Waals surface area contributed by atoms with Crippen molar-refractivity contribution in [2.75, 3.05) is 23.8 Å². The largest absolute Gasteiger partial charge is 0.375 e. The number of rotatable bonds is 6. The summed E-state index contributed by atoms with van der Waals surface area (Å²) < 4.78 is 1.90. The van der Waals surface area contributed by atoms with Gasteiger partial charge in [0.1, 0.15) is 0 Å². The number of amides is 1. The Morgan fingerprint density at radius 3 is 2.73 bits per heavy atom. The number of carbonyl (C=O) groups is 1. The minimum Gasteiger partial charge on any atom is -0.375 e. The van der Waals surface area contributed by atoms with Crippen LogP contribution in [0.25, 0.3) is 16.6 Å². The first-order chi connectivity index (χ1) is 14.5. The lowest BCUT2D eigenvalue weighted by molar-refractivity contribution is -0.116. The molecule has 0 unspecified atom stereocenters. The Morgan fingerprint density at radius 1 is 1.13 bits per heavy atom. The predicted octanol–water partition coefficient (Wildman–Crippen LogP) is 4.53. The lowest BCUT2D eigenvalue weighted by Crippen LogP contribution is -2.17. The number of nitrogens with one attached hydrogen (secondary N) is 1. The highest BCUT2D eigenvalue weighted by atomic mass is 16.1. The molecule has 0 bridgehead atoms. The van der Waals surface area contributed by atoms with E-state index in [-0.39, 0.29) is 5.91 Å². The van der Waals surface area contributed by atoms with Crippen LogP contribution in [0.2, 0.25) is 0 Å². The summed E-state index contributed by atoms with van der Waals surface area (Å²) in [6.45, 7) is 7.06. The Hall–Kier alpha value is -3.41. The van der Waals surface area contributed by atoms with Crippen molar-refractivity contribution in [2.24, 2.45) is 0 Å². The standard InChI is InChI=1S/C24H27N5O/c1-5-28(4)19-10-8-9-18(15-19)26-23(30)14-13-20-16(2)25-24-21-11-6-7-12-22(21)27-29(24)17(20)3/h6-12,15H,5,13-14H2,1-4H3,(H,26,30). The van der Waals surface area contributed by atoms with Gasteiger partial charge in [0, 0.05) is 48.2 Å². The molecule has 6 heteroatoms. The molecular weight excluding hydrogens is 374 g/mol. The quantitative estimate of drug-likeness (QED) is 0.516. The summed E-state index contributed by atoms with van der Waals surface area (Å²) >= 11 is 0. The van der Waals surface area contributed by atoms with Gasteiger partial charge in [-0.15, -0.1) is 0 Å². The van der Waals surface area contributed by atoms with Crippen LogP contribution in [0.4, 0.5) is 11.4 Å². The van der Waals surface area contributed by atoms with Crippen LogP contribution in [0.15, 0.2) is 48.5 Å². The van der Waals surface area contributed by atoms with Gasteiger partial charge in [0.25, 0.3) is 0 Å². The lowest BCUT2D eigenvalue weighted by Gasteiger charge is -2.17. The van der Waals surface area contributed by atoms with Crippen LogP contribution in [0.3, 0.4) is 0 Å².